The Hall–Kier alpha value is -2.12. The summed E-state index contributed by atoms with van der Waals surface area (Å²) in [6.07, 6.45) is 0.613. The second-order valence-electron chi connectivity index (χ2n) is 5.95. The van der Waals surface area contributed by atoms with Crippen molar-refractivity contribution in [2.75, 3.05) is 32.7 Å². The summed E-state index contributed by atoms with van der Waals surface area (Å²) in [6.45, 7) is 3.89. The maximum Gasteiger partial charge on any atom is 0.239 e. The van der Waals surface area contributed by atoms with Gasteiger partial charge in [0.05, 0.1) is 6.04 Å². The first-order valence-electron chi connectivity index (χ1n) is 7.97. The van der Waals surface area contributed by atoms with E-state index in [-0.39, 0.29) is 23.9 Å². The van der Waals surface area contributed by atoms with Crippen LogP contribution in [0.25, 0.3) is 0 Å². The van der Waals surface area contributed by atoms with E-state index in [2.05, 4.69) is 10.6 Å². The van der Waals surface area contributed by atoms with Crippen LogP contribution in [0.5, 0.6) is 5.75 Å². The molecule has 2 fully saturated rings. The lowest BCUT2D eigenvalue weighted by atomic mass is 10.1. The number of amidine groups is 1. The van der Waals surface area contributed by atoms with Gasteiger partial charge < -0.3 is 26.0 Å². The van der Waals surface area contributed by atoms with E-state index >= 15 is 0 Å². The van der Waals surface area contributed by atoms with Crippen molar-refractivity contribution in [2.45, 2.75) is 18.6 Å². The summed E-state index contributed by atoms with van der Waals surface area (Å²) < 4.78 is 5.94. The van der Waals surface area contributed by atoms with Crippen LogP contribution < -0.4 is 21.1 Å². The lowest BCUT2D eigenvalue weighted by Gasteiger charge is -2.29. The standard InChI is InChI=1S/C16H23N5O2/c17-15(18)11-2-1-3-12(8-11)23-13-9-14(20-10-13)16(22)21-6-4-19-5-7-21/h1-3,8,13-14,19-20H,4-7,9-10H2,(H3,17,18). The third-order valence-corrected chi connectivity index (χ3v) is 4.27. The van der Waals surface area contributed by atoms with Crippen LogP contribution in [0, 0.1) is 5.41 Å². The monoisotopic (exact) mass is 317 g/mol. The summed E-state index contributed by atoms with van der Waals surface area (Å²) in [7, 11) is 0. The summed E-state index contributed by atoms with van der Waals surface area (Å²) in [6, 6.07) is 7.02. The van der Waals surface area contributed by atoms with Crippen LogP contribution in [0.1, 0.15) is 12.0 Å². The van der Waals surface area contributed by atoms with Gasteiger partial charge in [0.15, 0.2) is 0 Å². The van der Waals surface area contributed by atoms with E-state index in [9.17, 15) is 4.79 Å². The summed E-state index contributed by atoms with van der Waals surface area (Å²) in [5, 5.41) is 14.0. The van der Waals surface area contributed by atoms with Crippen molar-refractivity contribution in [2.24, 2.45) is 5.73 Å². The SMILES string of the molecule is N=C(N)c1cccc(OC2CNC(C(=O)N3CCNCC3)C2)c1. The first-order chi connectivity index (χ1) is 11.1. The topological polar surface area (TPSA) is 103 Å². The number of nitrogens with zero attached hydrogens (tertiary/aromatic N) is 1. The van der Waals surface area contributed by atoms with Crippen LogP contribution in [0.3, 0.4) is 0 Å². The molecule has 3 rings (SSSR count). The van der Waals surface area contributed by atoms with Gasteiger partial charge in [0, 0.05) is 44.7 Å². The highest BCUT2D eigenvalue weighted by Crippen LogP contribution is 2.19. The van der Waals surface area contributed by atoms with E-state index < -0.39 is 0 Å². The molecule has 0 aliphatic carbocycles. The Morgan fingerprint density at radius 1 is 1.35 bits per heavy atom. The molecule has 2 heterocycles. The van der Waals surface area contributed by atoms with Crippen LogP contribution in [0.15, 0.2) is 24.3 Å². The molecule has 1 aromatic carbocycles. The molecule has 0 radical (unpaired) electrons. The Morgan fingerprint density at radius 3 is 2.87 bits per heavy atom. The number of ether oxygens (including phenoxy) is 1. The fraction of sp³-hybridized carbons (Fsp3) is 0.500. The van der Waals surface area contributed by atoms with Crippen LogP contribution in [0.2, 0.25) is 0 Å². The van der Waals surface area contributed by atoms with Gasteiger partial charge in [0.1, 0.15) is 17.7 Å². The molecule has 1 aromatic rings. The van der Waals surface area contributed by atoms with Gasteiger partial charge in [-0.1, -0.05) is 12.1 Å². The number of nitrogens with one attached hydrogen (secondary N) is 3. The third kappa shape index (κ3) is 3.80. The average Bonchev–Trinajstić information content (AvgIpc) is 3.03. The normalized spacial score (nSPS) is 24.4. The molecule has 5 N–H and O–H groups in total. The number of carbonyl (C=O) groups is 1. The predicted octanol–water partition coefficient (Wildman–Crippen LogP) is -0.488. The molecule has 7 heteroatoms. The highest BCUT2D eigenvalue weighted by atomic mass is 16.5. The first-order valence-corrected chi connectivity index (χ1v) is 7.97. The number of rotatable bonds is 4. The van der Waals surface area contributed by atoms with Gasteiger partial charge in [0.2, 0.25) is 5.91 Å². The summed E-state index contributed by atoms with van der Waals surface area (Å²) in [5.41, 5.74) is 6.14. The van der Waals surface area contributed by atoms with Crippen LogP contribution in [-0.2, 0) is 4.79 Å². The fourth-order valence-corrected chi connectivity index (χ4v) is 3.02. The molecule has 124 valence electrons. The van der Waals surface area contributed by atoms with Gasteiger partial charge in [-0.05, 0) is 12.1 Å². The quantitative estimate of drug-likeness (QED) is 0.443. The van der Waals surface area contributed by atoms with Gasteiger partial charge in [0.25, 0.3) is 0 Å². The van der Waals surface area contributed by atoms with Crippen molar-refractivity contribution in [3.63, 3.8) is 0 Å². The molecule has 2 aliphatic rings. The highest BCUT2D eigenvalue weighted by molar-refractivity contribution is 5.95. The fourth-order valence-electron chi connectivity index (χ4n) is 3.02. The molecule has 0 bridgehead atoms. The average molecular weight is 317 g/mol. The largest absolute Gasteiger partial charge is 0.489 e. The Morgan fingerprint density at radius 2 is 2.13 bits per heavy atom. The Labute approximate surface area is 135 Å². The Kier molecular flexibility index (Phi) is 4.78. The predicted molar refractivity (Wildman–Crippen MR) is 87.7 cm³/mol. The van der Waals surface area contributed by atoms with E-state index in [4.69, 9.17) is 15.9 Å². The first kappa shape index (κ1) is 15.8. The molecule has 7 nitrogen and oxygen atoms in total. The smallest absolute Gasteiger partial charge is 0.239 e. The van der Waals surface area contributed by atoms with Gasteiger partial charge >= 0.3 is 0 Å². The minimum absolute atomic E-state index is 0.0201. The number of hydrogen-bond acceptors (Lipinski definition) is 5. The second-order valence-corrected chi connectivity index (χ2v) is 5.95. The van der Waals surface area contributed by atoms with E-state index in [0.717, 1.165) is 26.2 Å². The lowest BCUT2D eigenvalue weighted by Crippen LogP contribution is -2.51. The summed E-state index contributed by atoms with van der Waals surface area (Å²) >= 11 is 0. The van der Waals surface area contributed by atoms with Gasteiger partial charge in [-0.25, -0.2) is 0 Å². The molecular formula is C16H23N5O2. The number of nitrogens with two attached hydrogens (primary N) is 1. The molecule has 2 atom stereocenters. The number of piperazine rings is 1. The van der Waals surface area contributed by atoms with Gasteiger partial charge in [-0.2, -0.15) is 0 Å². The van der Waals surface area contributed by atoms with Crippen molar-refractivity contribution in [3.8, 4) is 5.75 Å². The molecule has 2 aliphatic heterocycles. The van der Waals surface area contributed by atoms with Crippen molar-refractivity contribution in [1.29, 1.82) is 5.41 Å². The molecular weight excluding hydrogens is 294 g/mol. The van der Waals surface area contributed by atoms with E-state index in [1.165, 1.54) is 0 Å². The molecule has 0 saturated carbocycles. The van der Waals surface area contributed by atoms with Gasteiger partial charge in [-0.3, -0.25) is 10.2 Å². The summed E-state index contributed by atoms with van der Waals surface area (Å²) in [5.74, 6) is 0.863. The van der Waals surface area contributed by atoms with Gasteiger partial charge in [-0.15, -0.1) is 0 Å². The molecule has 23 heavy (non-hydrogen) atoms. The zero-order chi connectivity index (χ0) is 16.2. The number of benzene rings is 1. The number of carbonyl (C=O) groups excluding carboxylic acids is 1. The number of amides is 1. The van der Waals surface area contributed by atoms with Crippen molar-refractivity contribution < 1.29 is 9.53 Å². The Balaban J connectivity index is 1.56. The maximum atomic E-state index is 12.5. The van der Waals surface area contributed by atoms with Crippen LogP contribution in [-0.4, -0.2) is 61.5 Å². The Bertz CT molecular complexity index is 586. The number of hydrogen-bond donors (Lipinski definition) is 4. The number of nitrogen functional groups attached to an aromatic ring is 1. The maximum absolute atomic E-state index is 12.5. The second kappa shape index (κ2) is 6.97. The zero-order valence-electron chi connectivity index (χ0n) is 13.0. The summed E-state index contributed by atoms with van der Waals surface area (Å²) in [4.78, 5) is 14.4. The minimum atomic E-state index is -0.172. The molecule has 2 unspecified atom stereocenters. The molecule has 0 spiro atoms. The van der Waals surface area contributed by atoms with E-state index in [1.807, 2.05) is 17.0 Å². The third-order valence-electron chi connectivity index (χ3n) is 4.27. The lowest BCUT2D eigenvalue weighted by molar-refractivity contribution is -0.133. The van der Waals surface area contributed by atoms with Crippen LogP contribution in [0.4, 0.5) is 0 Å². The zero-order valence-corrected chi connectivity index (χ0v) is 13.0. The van der Waals surface area contributed by atoms with Crippen molar-refractivity contribution >= 4 is 11.7 Å². The molecule has 2 saturated heterocycles. The van der Waals surface area contributed by atoms with E-state index in [0.29, 0.717) is 24.3 Å². The highest BCUT2D eigenvalue weighted by Gasteiger charge is 2.33. The van der Waals surface area contributed by atoms with Crippen molar-refractivity contribution in [3.05, 3.63) is 29.8 Å². The van der Waals surface area contributed by atoms with Crippen LogP contribution >= 0.6 is 0 Å². The van der Waals surface area contributed by atoms with Crippen molar-refractivity contribution in [1.82, 2.24) is 15.5 Å². The molecule has 1 amide bonds. The minimum Gasteiger partial charge on any atom is -0.489 e. The van der Waals surface area contributed by atoms with E-state index in [1.54, 1.807) is 12.1 Å². The molecule has 0 aromatic heterocycles.